The molecule has 2 aromatic heterocycles. The Morgan fingerprint density at radius 3 is 2.73 bits per heavy atom. The van der Waals surface area contributed by atoms with E-state index in [0.717, 1.165) is 23.3 Å². The molecule has 0 radical (unpaired) electrons. The number of halogens is 1. The number of aryl methyl sites for hydroxylation is 1. The SMILES string of the molecule is Cc1ccc(OCC2c3ccsc3CCN2C(=O)CN(Cc2ccco2)C(=O)c2cccc(F)c2)cc1. The molecule has 0 N–H and O–H groups in total. The monoisotopic (exact) mass is 518 g/mol. The van der Waals surface area contributed by atoms with Gasteiger partial charge in [-0.1, -0.05) is 23.8 Å². The van der Waals surface area contributed by atoms with Crippen LogP contribution in [0, 0.1) is 12.7 Å². The van der Waals surface area contributed by atoms with E-state index in [1.807, 2.05) is 42.6 Å². The zero-order valence-electron chi connectivity index (χ0n) is 20.4. The number of nitrogens with zero attached hydrogens (tertiary/aromatic N) is 2. The fourth-order valence-corrected chi connectivity index (χ4v) is 5.46. The van der Waals surface area contributed by atoms with Crippen molar-refractivity contribution < 1.29 is 23.1 Å². The highest BCUT2D eigenvalue weighted by atomic mass is 32.1. The van der Waals surface area contributed by atoms with Crippen molar-refractivity contribution in [1.29, 1.82) is 0 Å². The van der Waals surface area contributed by atoms with E-state index in [-0.39, 0.29) is 30.6 Å². The van der Waals surface area contributed by atoms with Crippen LogP contribution in [0.15, 0.2) is 82.8 Å². The van der Waals surface area contributed by atoms with Gasteiger partial charge in [0.2, 0.25) is 5.91 Å². The molecule has 1 atom stereocenters. The number of thiophene rings is 1. The number of ether oxygens (including phenoxy) is 1. The fraction of sp³-hybridized carbons (Fsp3) is 0.241. The first-order valence-electron chi connectivity index (χ1n) is 12.1. The first-order chi connectivity index (χ1) is 18.0. The highest BCUT2D eigenvalue weighted by Gasteiger charge is 2.34. The Morgan fingerprint density at radius 2 is 1.97 bits per heavy atom. The molecule has 3 heterocycles. The number of hydrogen-bond donors (Lipinski definition) is 0. The van der Waals surface area contributed by atoms with Gasteiger partial charge in [0.25, 0.3) is 5.91 Å². The first kappa shape index (κ1) is 24.8. The normalized spacial score (nSPS) is 14.8. The number of hydrogen-bond acceptors (Lipinski definition) is 5. The van der Waals surface area contributed by atoms with Gasteiger partial charge >= 0.3 is 0 Å². The molecule has 0 bridgehead atoms. The Hall–Kier alpha value is -3.91. The third-order valence-electron chi connectivity index (χ3n) is 6.46. The molecule has 2 amide bonds. The van der Waals surface area contributed by atoms with Crippen LogP contribution in [0.5, 0.6) is 5.75 Å². The highest BCUT2D eigenvalue weighted by molar-refractivity contribution is 7.10. The summed E-state index contributed by atoms with van der Waals surface area (Å²) in [7, 11) is 0. The van der Waals surface area contributed by atoms with Crippen molar-refractivity contribution in [3.8, 4) is 5.75 Å². The molecule has 5 rings (SSSR count). The molecule has 1 unspecified atom stereocenters. The molecular weight excluding hydrogens is 491 g/mol. The number of fused-ring (bicyclic) bond motifs is 1. The summed E-state index contributed by atoms with van der Waals surface area (Å²) in [6.07, 6.45) is 2.26. The average Bonchev–Trinajstić information content (AvgIpc) is 3.59. The third-order valence-corrected chi connectivity index (χ3v) is 7.45. The van der Waals surface area contributed by atoms with E-state index in [1.54, 1.807) is 34.4 Å². The van der Waals surface area contributed by atoms with Crippen LogP contribution in [0.3, 0.4) is 0 Å². The van der Waals surface area contributed by atoms with Gasteiger partial charge in [0.15, 0.2) is 0 Å². The molecule has 37 heavy (non-hydrogen) atoms. The number of carbonyl (C=O) groups excluding carboxylic acids is 2. The highest BCUT2D eigenvalue weighted by Crippen LogP contribution is 2.34. The van der Waals surface area contributed by atoms with E-state index < -0.39 is 11.7 Å². The van der Waals surface area contributed by atoms with Gasteiger partial charge in [0, 0.05) is 17.0 Å². The second-order valence-corrected chi connectivity index (χ2v) is 10.0. The zero-order chi connectivity index (χ0) is 25.8. The lowest BCUT2D eigenvalue weighted by Gasteiger charge is -2.37. The van der Waals surface area contributed by atoms with E-state index in [1.165, 1.54) is 34.2 Å². The van der Waals surface area contributed by atoms with Crippen LogP contribution >= 0.6 is 11.3 Å². The summed E-state index contributed by atoms with van der Waals surface area (Å²) in [4.78, 5) is 31.5. The number of furan rings is 1. The lowest BCUT2D eigenvalue weighted by molar-refractivity contribution is -0.135. The van der Waals surface area contributed by atoms with E-state index in [0.29, 0.717) is 18.9 Å². The number of carbonyl (C=O) groups is 2. The summed E-state index contributed by atoms with van der Waals surface area (Å²) in [5.74, 6) is 0.122. The van der Waals surface area contributed by atoms with Gasteiger partial charge in [-0.25, -0.2) is 4.39 Å². The Morgan fingerprint density at radius 1 is 1.14 bits per heavy atom. The predicted molar refractivity (Wildman–Crippen MR) is 139 cm³/mol. The van der Waals surface area contributed by atoms with Crippen molar-refractivity contribution in [2.24, 2.45) is 0 Å². The molecule has 0 aliphatic carbocycles. The second kappa shape index (κ2) is 11.0. The van der Waals surface area contributed by atoms with Crippen molar-refractivity contribution in [2.75, 3.05) is 19.7 Å². The van der Waals surface area contributed by atoms with Crippen molar-refractivity contribution in [2.45, 2.75) is 25.9 Å². The summed E-state index contributed by atoms with van der Waals surface area (Å²) < 4.78 is 25.4. The standard InChI is InChI=1S/C29H27FN2O4S/c1-20-7-9-23(10-8-20)36-19-26-25-12-15-37-27(25)11-13-32(26)28(33)18-31(17-24-6-3-14-35-24)29(34)21-4-2-5-22(30)16-21/h2-10,12,14-16,26H,11,13,17-19H2,1H3. The molecule has 0 fully saturated rings. The number of amides is 2. The van der Waals surface area contributed by atoms with Gasteiger partial charge < -0.3 is 19.0 Å². The maximum atomic E-state index is 13.9. The minimum Gasteiger partial charge on any atom is -0.491 e. The predicted octanol–water partition coefficient (Wildman–Crippen LogP) is 5.64. The smallest absolute Gasteiger partial charge is 0.254 e. The molecule has 0 spiro atoms. The van der Waals surface area contributed by atoms with Crippen LogP contribution in [-0.2, 0) is 17.8 Å². The summed E-state index contributed by atoms with van der Waals surface area (Å²) in [5.41, 5.74) is 2.39. The lowest BCUT2D eigenvalue weighted by Crippen LogP contribution is -2.47. The van der Waals surface area contributed by atoms with Crippen LogP contribution in [0.1, 0.15) is 38.2 Å². The van der Waals surface area contributed by atoms with Crippen LogP contribution in [-0.4, -0.2) is 41.3 Å². The Bertz CT molecular complexity index is 1370. The molecule has 1 aliphatic rings. The van der Waals surface area contributed by atoms with Gasteiger partial charge in [-0.15, -0.1) is 11.3 Å². The van der Waals surface area contributed by atoms with Gasteiger partial charge in [0.1, 0.15) is 30.5 Å². The largest absolute Gasteiger partial charge is 0.491 e. The van der Waals surface area contributed by atoms with Crippen molar-refractivity contribution in [3.63, 3.8) is 0 Å². The second-order valence-electron chi connectivity index (χ2n) is 9.03. The first-order valence-corrected chi connectivity index (χ1v) is 13.0. The summed E-state index contributed by atoms with van der Waals surface area (Å²) in [6.45, 7) is 2.76. The molecule has 1 aliphatic heterocycles. The van der Waals surface area contributed by atoms with Crippen LogP contribution in [0.25, 0.3) is 0 Å². The Balaban J connectivity index is 1.37. The van der Waals surface area contributed by atoms with E-state index >= 15 is 0 Å². The minimum atomic E-state index is -0.510. The molecule has 4 aromatic rings. The van der Waals surface area contributed by atoms with E-state index in [2.05, 4.69) is 0 Å². The maximum Gasteiger partial charge on any atom is 0.254 e. The molecule has 6 nitrogen and oxygen atoms in total. The molecule has 0 saturated carbocycles. The zero-order valence-corrected chi connectivity index (χ0v) is 21.2. The summed E-state index contributed by atoms with van der Waals surface area (Å²) in [6, 6.07) is 18.5. The Kier molecular flexibility index (Phi) is 7.37. The minimum absolute atomic E-state index is 0.0934. The topological polar surface area (TPSA) is 63.0 Å². The molecule has 2 aromatic carbocycles. The van der Waals surface area contributed by atoms with Crippen molar-refractivity contribution in [1.82, 2.24) is 9.80 Å². The molecule has 8 heteroatoms. The number of benzene rings is 2. The maximum absolute atomic E-state index is 13.9. The third kappa shape index (κ3) is 5.75. The van der Waals surface area contributed by atoms with Crippen LogP contribution in [0.4, 0.5) is 4.39 Å². The van der Waals surface area contributed by atoms with E-state index in [4.69, 9.17) is 9.15 Å². The van der Waals surface area contributed by atoms with Gasteiger partial charge in [-0.2, -0.15) is 0 Å². The summed E-state index contributed by atoms with van der Waals surface area (Å²) >= 11 is 1.68. The van der Waals surface area contributed by atoms with Crippen LogP contribution < -0.4 is 4.74 Å². The molecule has 0 saturated heterocycles. The van der Waals surface area contributed by atoms with Gasteiger partial charge in [0.05, 0.1) is 18.8 Å². The van der Waals surface area contributed by atoms with Gasteiger partial charge in [-0.05, 0) is 72.8 Å². The Labute approximate surface area is 218 Å². The number of rotatable bonds is 8. The molecule has 190 valence electrons. The van der Waals surface area contributed by atoms with E-state index in [9.17, 15) is 14.0 Å². The average molecular weight is 519 g/mol. The fourth-order valence-electron chi connectivity index (χ4n) is 4.53. The van der Waals surface area contributed by atoms with Crippen LogP contribution in [0.2, 0.25) is 0 Å². The summed E-state index contributed by atoms with van der Waals surface area (Å²) in [5, 5.41) is 2.04. The van der Waals surface area contributed by atoms with Crippen molar-refractivity contribution in [3.05, 3.63) is 112 Å². The quantitative estimate of drug-likeness (QED) is 0.303. The van der Waals surface area contributed by atoms with Crippen molar-refractivity contribution >= 4 is 23.2 Å². The molecular formula is C29H27FN2O4S. The van der Waals surface area contributed by atoms with Gasteiger partial charge in [-0.3, -0.25) is 9.59 Å². The lowest BCUT2D eigenvalue weighted by atomic mass is 10.0.